The lowest BCUT2D eigenvalue weighted by Gasteiger charge is -2.07. The molecule has 0 aliphatic carbocycles. The van der Waals surface area contributed by atoms with Gasteiger partial charge in [0.2, 0.25) is 0 Å². The van der Waals surface area contributed by atoms with Crippen LogP contribution in [0.15, 0.2) is 16.5 Å². The molecule has 0 saturated carbocycles. The Hall–Kier alpha value is -1.45. The number of thiazole rings is 1. The number of H-pyrrole nitrogens is 1. The number of hydrogen-bond donors (Lipinski definition) is 3. The lowest BCUT2D eigenvalue weighted by Crippen LogP contribution is -2.19. The second kappa shape index (κ2) is 6.33. The number of rotatable bonds is 7. The Morgan fingerprint density at radius 2 is 2.25 bits per heavy atom. The van der Waals surface area contributed by atoms with E-state index in [4.69, 9.17) is 0 Å². The van der Waals surface area contributed by atoms with Crippen LogP contribution in [0.4, 0.5) is 5.13 Å². The maximum absolute atomic E-state index is 12.4. The largest absolute Gasteiger partial charge is 0.311 e. The number of anilines is 1. The van der Waals surface area contributed by atoms with E-state index < -0.39 is 10.0 Å². The zero-order chi connectivity index (χ0) is 14.6. The van der Waals surface area contributed by atoms with Gasteiger partial charge in [-0.3, -0.25) is 9.82 Å². The quantitative estimate of drug-likeness (QED) is 0.672. The van der Waals surface area contributed by atoms with E-state index in [-0.39, 0.29) is 4.90 Å². The van der Waals surface area contributed by atoms with Crippen LogP contribution in [0, 0.1) is 6.92 Å². The van der Waals surface area contributed by atoms with Crippen molar-refractivity contribution in [2.75, 3.05) is 11.3 Å². The normalized spacial score (nSPS) is 11.7. The van der Waals surface area contributed by atoms with Gasteiger partial charge in [0.1, 0.15) is 4.90 Å². The third-order valence-electron chi connectivity index (χ3n) is 2.60. The summed E-state index contributed by atoms with van der Waals surface area (Å²) in [5, 5.41) is 12.0. The number of hydrogen-bond acceptors (Lipinski definition) is 6. The van der Waals surface area contributed by atoms with Crippen LogP contribution >= 0.6 is 11.3 Å². The van der Waals surface area contributed by atoms with Crippen molar-refractivity contribution in [3.63, 3.8) is 0 Å². The molecule has 7 nitrogen and oxygen atoms in total. The molecule has 2 heterocycles. The van der Waals surface area contributed by atoms with Crippen molar-refractivity contribution >= 4 is 26.5 Å². The van der Waals surface area contributed by atoms with Gasteiger partial charge >= 0.3 is 0 Å². The van der Waals surface area contributed by atoms with Gasteiger partial charge in [0.05, 0.1) is 11.4 Å². The molecule has 9 heteroatoms. The van der Waals surface area contributed by atoms with Crippen LogP contribution in [0.2, 0.25) is 0 Å². The molecule has 0 radical (unpaired) electrons. The molecule has 0 spiro atoms. The molecular weight excluding hydrogens is 298 g/mol. The zero-order valence-electron chi connectivity index (χ0n) is 11.3. The summed E-state index contributed by atoms with van der Waals surface area (Å²) in [5.41, 5.74) is 1.00. The topological polar surface area (TPSA) is 99.8 Å². The van der Waals surface area contributed by atoms with Crippen molar-refractivity contribution in [2.24, 2.45) is 0 Å². The number of aromatic amines is 1. The summed E-state index contributed by atoms with van der Waals surface area (Å²) in [6.45, 7) is 4.95. The molecule has 0 unspecified atom stereocenters. The Labute approximate surface area is 121 Å². The molecule has 0 aliphatic rings. The Balaban J connectivity index is 2.24. The lowest BCUT2D eigenvalue weighted by molar-refractivity contribution is 0.596. The maximum Gasteiger partial charge on any atom is 0.267 e. The second-order valence-corrected chi connectivity index (χ2v) is 6.76. The number of aromatic nitrogens is 3. The molecule has 2 aromatic rings. The highest BCUT2D eigenvalue weighted by Crippen LogP contribution is 2.22. The number of aryl methyl sites for hydroxylation is 1. The smallest absolute Gasteiger partial charge is 0.267 e. The first-order chi connectivity index (χ1) is 9.54. The fraction of sp³-hybridized carbons (Fsp3) is 0.455. The van der Waals surface area contributed by atoms with Gasteiger partial charge < -0.3 is 5.32 Å². The SMILES string of the molecule is CCCNCc1n[nH]c(C)c1S(=O)(=O)Nc1nccs1. The Morgan fingerprint density at radius 3 is 2.90 bits per heavy atom. The molecule has 110 valence electrons. The summed E-state index contributed by atoms with van der Waals surface area (Å²) < 4.78 is 27.3. The van der Waals surface area contributed by atoms with Crippen LogP contribution in [-0.4, -0.2) is 30.1 Å². The van der Waals surface area contributed by atoms with Crippen LogP contribution in [-0.2, 0) is 16.6 Å². The summed E-state index contributed by atoms with van der Waals surface area (Å²) in [6, 6.07) is 0. The fourth-order valence-electron chi connectivity index (χ4n) is 1.77. The molecule has 0 saturated heterocycles. The first-order valence-corrected chi connectivity index (χ1v) is 8.57. The van der Waals surface area contributed by atoms with E-state index in [1.54, 1.807) is 18.5 Å². The van der Waals surface area contributed by atoms with E-state index in [2.05, 4.69) is 25.2 Å². The summed E-state index contributed by atoms with van der Waals surface area (Å²) in [5.74, 6) is 0. The van der Waals surface area contributed by atoms with Gasteiger partial charge in [0.25, 0.3) is 10.0 Å². The molecular formula is C11H17N5O2S2. The van der Waals surface area contributed by atoms with Crippen molar-refractivity contribution in [1.29, 1.82) is 0 Å². The average molecular weight is 315 g/mol. The van der Waals surface area contributed by atoms with Crippen molar-refractivity contribution < 1.29 is 8.42 Å². The summed E-state index contributed by atoms with van der Waals surface area (Å²) >= 11 is 1.23. The minimum Gasteiger partial charge on any atom is -0.311 e. The van der Waals surface area contributed by atoms with Gasteiger partial charge in [-0.25, -0.2) is 13.4 Å². The highest BCUT2D eigenvalue weighted by molar-refractivity contribution is 7.93. The average Bonchev–Trinajstić information content (AvgIpc) is 2.99. The van der Waals surface area contributed by atoms with Crippen LogP contribution < -0.4 is 10.0 Å². The molecule has 20 heavy (non-hydrogen) atoms. The minimum absolute atomic E-state index is 0.191. The third kappa shape index (κ3) is 3.35. The van der Waals surface area contributed by atoms with Crippen LogP contribution in [0.25, 0.3) is 0 Å². The second-order valence-electron chi connectivity index (χ2n) is 4.24. The van der Waals surface area contributed by atoms with Gasteiger partial charge in [0.15, 0.2) is 5.13 Å². The fourth-order valence-corrected chi connectivity index (χ4v) is 3.92. The molecule has 0 atom stereocenters. The van der Waals surface area contributed by atoms with Gasteiger partial charge in [0, 0.05) is 18.1 Å². The highest BCUT2D eigenvalue weighted by Gasteiger charge is 2.24. The van der Waals surface area contributed by atoms with Gasteiger partial charge in [-0.2, -0.15) is 5.10 Å². The predicted molar refractivity (Wildman–Crippen MR) is 78.2 cm³/mol. The molecule has 0 amide bonds. The molecule has 3 N–H and O–H groups in total. The molecule has 0 aliphatic heterocycles. The molecule has 0 aromatic carbocycles. The first-order valence-electron chi connectivity index (χ1n) is 6.21. The predicted octanol–water partition coefficient (Wildman–Crippen LogP) is 1.48. The van der Waals surface area contributed by atoms with Crippen LogP contribution in [0.1, 0.15) is 24.7 Å². The van der Waals surface area contributed by atoms with Crippen molar-refractivity contribution in [3.8, 4) is 0 Å². The van der Waals surface area contributed by atoms with Gasteiger partial charge in [-0.05, 0) is 19.9 Å². The standard InChI is InChI=1S/C11H17N5O2S2/c1-3-4-12-7-9-10(8(2)14-15-9)20(17,18)16-11-13-5-6-19-11/h5-6,12H,3-4,7H2,1-2H3,(H,13,16)(H,14,15). The lowest BCUT2D eigenvalue weighted by atomic mass is 10.3. The van der Waals surface area contributed by atoms with E-state index >= 15 is 0 Å². The number of nitrogens with one attached hydrogen (secondary N) is 3. The van der Waals surface area contributed by atoms with Gasteiger partial charge in [-0.15, -0.1) is 11.3 Å². The monoisotopic (exact) mass is 315 g/mol. The highest BCUT2D eigenvalue weighted by atomic mass is 32.2. The van der Waals surface area contributed by atoms with Crippen molar-refractivity contribution in [3.05, 3.63) is 23.0 Å². The van der Waals surface area contributed by atoms with E-state index in [9.17, 15) is 8.42 Å². The number of sulfonamides is 1. The zero-order valence-corrected chi connectivity index (χ0v) is 12.9. The van der Waals surface area contributed by atoms with Gasteiger partial charge in [-0.1, -0.05) is 6.92 Å². The van der Waals surface area contributed by atoms with E-state index in [0.717, 1.165) is 13.0 Å². The number of nitrogens with zero attached hydrogens (tertiary/aromatic N) is 2. The third-order valence-corrected chi connectivity index (χ3v) is 4.96. The molecule has 0 bridgehead atoms. The van der Waals surface area contributed by atoms with Crippen LogP contribution in [0.3, 0.4) is 0 Å². The molecule has 2 aromatic heterocycles. The Bertz CT molecular complexity index is 648. The Morgan fingerprint density at radius 1 is 1.45 bits per heavy atom. The molecule has 2 rings (SSSR count). The van der Waals surface area contributed by atoms with E-state index in [0.29, 0.717) is 23.1 Å². The van der Waals surface area contributed by atoms with Crippen molar-refractivity contribution in [1.82, 2.24) is 20.5 Å². The van der Waals surface area contributed by atoms with Crippen LogP contribution in [0.5, 0.6) is 0 Å². The summed E-state index contributed by atoms with van der Waals surface area (Å²) in [4.78, 5) is 4.12. The van der Waals surface area contributed by atoms with E-state index in [1.807, 2.05) is 6.92 Å². The maximum atomic E-state index is 12.4. The first kappa shape index (κ1) is 14.9. The Kier molecular flexibility index (Phi) is 4.73. The summed E-state index contributed by atoms with van der Waals surface area (Å²) in [6.07, 6.45) is 2.53. The van der Waals surface area contributed by atoms with E-state index in [1.165, 1.54) is 11.3 Å². The minimum atomic E-state index is -3.67. The van der Waals surface area contributed by atoms with Crippen molar-refractivity contribution in [2.45, 2.75) is 31.7 Å². The summed E-state index contributed by atoms with van der Waals surface area (Å²) in [7, 11) is -3.67. The molecule has 0 fully saturated rings.